The summed E-state index contributed by atoms with van der Waals surface area (Å²) in [7, 11) is 1.54. The molecule has 0 radical (unpaired) electrons. The number of methoxy groups -OCH3 is 1. The molecule has 0 amide bonds. The molecule has 0 fully saturated rings. The molecule has 2 rings (SSSR count). The molecular weight excluding hydrogens is 208 g/mol. The van der Waals surface area contributed by atoms with E-state index in [-0.39, 0.29) is 6.54 Å². The zero-order valence-corrected chi connectivity index (χ0v) is 9.21. The van der Waals surface area contributed by atoms with Crippen LogP contribution in [0.4, 0.5) is 0 Å². The molecule has 6 heteroatoms. The van der Waals surface area contributed by atoms with Gasteiger partial charge in [0.25, 0.3) is 0 Å². The van der Waals surface area contributed by atoms with Gasteiger partial charge in [-0.25, -0.2) is 9.97 Å². The number of nitrogens with two attached hydrogens (primary N) is 1. The average molecular weight is 222 g/mol. The van der Waals surface area contributed by atoms with E-state index in [0.717, 1.165) is 5.69 Å². The summed E-state index contributed by atoms with van der Waals surface area (Å²) in [5.74, 6) is 0.468. The Balaban J connectivity index is 2.65. The molecule has 2 aromatic rings. The van der Waals surface area contributed by atoms with Gasteiger partial charge in [-0.1, -0.05) is 0 Å². The first-order chi connectivity index (χ1) is 7.67. The van der Waals surface area contributed by atoms with Crippen molar-refractivity contribution < 1.29 is 9.84 Å². The molecule has 0 saturated heterocycles. The van der Waals surface area contributed by atoms with Crippen molar-refractivity contribution in [2.45, 2.75) is 13.0 Å². The van der Waals surface area contributed by atoms with E-state index in [0.29, 0.717) is 17.2 Å². The predicted molar refractivity (Wildman–Crippen MR) is 58.3 cm³/mol. The zero-order valence-electron chi connectivity index (χ0n) is 9.21. The molecule has 1 atom stereocenters. The summed E-state index contributed by atoms with van der Waals surface area (Å²) in [6.45, 7) is 1.98. The third-order valence-electron chi connectivity index (χ3n) is 2.45. The third-order valence-corrected chi connectivity index (χ3v) is 2.45. The quantitative estimate of drug-likeness (QED) is 0.765. The molecule has 2 heterocycles. The summed E-state index contributed by atoms with van der Waals surface area (Å²) in [6, 6.07) is 0. The van der Waals surface area contributed by atoms with Crippen LogP contribution in [0.1, 0.15) is 17.5 Å². The van der Waals surface area contributed by atoms with Crippen LogP contribution in [-0.4, -0.2) is 33.1 Å². The van der Waals surface area contributed by atoms with E-state index in [1.807, 2.05) is 6.92 Å². The Morgan fingerprint density at radius 1 is 1.62 bits per heavy atom. The van der Waals surface area contributed by atoms with Crippen LogP contribution in [0.3, 0.4) is 0 Å². The van der Waals surface area contributed by atoms with Gasteiger partial charge in [0.05, 0.1) is 30.9 Å². The van der Waals surface area contributed by atoms with E-state index in [1.165, 1.54) is 7.11 Å². The zero-order chi connectivity index (χ0) is 11.7. The lowest BCUT2D eigenvalue weighted by atomic mass is 10.2. The Hall–Kier alpha value is -1.66. The molecular formula is C10H14N4O2. The molecule has 16 heavy (non-hydrogen) atoms. The van der Waals surface area contributed by atoms with Gasteiger partial charge in [-0.05, 0) is 6.92 Å². The molecule has 0 aliphatic rings. The summed E-state index contributed by atoms with van der Waals surface area (Å²) < 4.78 is 6.78. The summed E-state index contributed by atoms with van der Waals surface area (Å²) in [6.07, 6.45) is 2.55. The molecule has 0 aliphatic heterocycles. The van der Waals surface area contributed by atoms with Gasteiger partial charge in [-0.15, -0.1) is 0 Å². The van der Waals surface area contributed by atoms with E-state index in [1.54, 1.807) is 16.8 Å². The highest BCUT2D eigenvalue weighted by Gasteiger charge is 2.16. The van der Waals surface area contributed by atoms with E-state index in [2.05, 4.69) is 9.97 Å². The second-order valence-electron chi connectivity index (χ2n) is 3.49. The first kappa shape index (κ1) is 10.8. The summed E-state index contributed by atoms with van der Waals surface area (Å²) >= 11 is 0. The van der Waals surface area contributed by atoms with Crippen molar-refractivity contribution in [2.24, 2.45) is 5.73 Å². The van der Waals surface area contributed by atoms with Gasteiger partial charge in [-0.2, -0.15) is 0 Å². The van der Waals surface area contributed by atoms with Crippen LogP contribution >= 0.6 is 0 Å². The third kappa shape index (κ3) is 1.62. The van der Waals surface area contributed by atoms with Crippen LogP contribution in [0.25, 0.3) is 5.65 Å². The SMILES string of the molecule is COc1cn2c(C(O)CN)c(C)nc2cn1. The topological polar surface area (TPSA) is 85.7 Å². The van der Waals surface area contributed by atoms with Crippen LogP contribution in [0.15, 0.2) is 12.4 Å². The van der Waals surface area contributed by atoms with Crippen LogP contribution < -0.4 is 10.5 Å². The van der Waals surface area contributed by atoms with Gasteiger partial charge in [0.15, 0.2) is 5.65 Å². The summed E-state index contributed by atoms with van der Waals surface area (Å²) in [4.78, 5) is 8.33. The Kier molecular flexibility index (Phi) is 2.76. The van der Waals surface area contributed by atoms with E-state index in [4.69, 9.17) is 10.5 Å². The summed E-state index contributed by atoms with van der Waals surface area (Å²) in [5, 5.41) is 9.81. The van der Waals surface area contributed by atoms with Gasteiger partial charge in [-0.3, -0.25) is 4.40 Å². The number of aromatic nitrogens is 3. The highest BCUT2D eigenvalue weighted by molar-refractivity contribution is 5.42. The minimum atomic E-state index is -0.734. The molecule has 0 spiro atoms. The number of rotatable bonds is 3. The van der Waals surface area contributed by atoms with Gasteiger partial charge >= 0.3 is 0 Å². The number of hydrogen-bond acceptors (Lipinski definition) is 5. The molecule has 1 unspecified atom stereocenters. The second-order valence-corrected chi connectivity index (χ2v) is 3.49. The predicted octanol–water partition coefficient (Wildman–Crippen LogP) is 0.0384. The lowest BCUT2D eigenvalue weighted by molar-refractivity contribution is 0.180. The van der Waals surface area contributed by atoms with Crippen molar-refractivity contribution in [3.8, 4) is 5.88 Å². The number of imidazole rings is 1. The van der Waals surface area contributed by atoms with E-state index >= 15 is 0 Å². The Morgan fingerprint density at radius 3 is 3.00 bits per heavy atom. The lowest BCUT2D eigenvalue weighted by Gasteiger charge is -2.09. The Morgan fingerprint density at radius 2 is 2.38 bits per heavy atom. The fourth-order valence-electron chi connectivity index (χ4n) is 1.69. The lowest BCUT2D eigenvalue weighted by Crippen LogP contribution is -2.14. The van der Waals surface area contributed by atoms with Crippen molar-refractivity contribution in [3.05, 3.63) is 23.8 Å². The highest BCUT2D eigenvalue weighted by atomic mass is 16.5. The molecule has 0 saturated carbocycles. The van der Waals surface area contributed by atoms with Crippen molar-refractivity contribution in [2.75, 3.05) is 13.7 Å². The fourth-order valence-corrected chi connectivity index (χ4v) is 1.69. The van der Waals surface area contributed by atoms with Crippen molar-refractivity contribution in [1.29, 1.82) is 0 Å². The molecule has 2 aromatic heterocycles. The van der Waals surface area contributed by atoms with E-state index < -0.39 is 6.10 Å². The number of nitrogens with zero attached hydrogens (tertiary/aromatic N) is 3. The van der Waals surface area contributed by atoms with Crippen LogP contribution in [0.5, 0.6) is 5.88 Å². The molecule has 0 bridgehead atoms. The Bertz CT molecular complexity index is 509. The molecule has 6 nitrogen and oxygen atoms in total. The monoisotopic (exact) mass is 222 g/mol. The first-order valence-corrected chi connectivity index (χ1v) is 4.94. The van der Waals surface area contributed by atoms with Gasteiger partial charge in [0.2, 0.25) is 5.88 Å². The fraction of sp³-hybridized carbons (Fsp3) is 0.400. The van der Waals surface area contributed by atoms with Crippen LogP contribution in [0.2, 0.25) is 0 Å². The molecule has 86 valence electrons. The largest absolute Gasteiger partial charge is 0.480 e. The van der Waals surface area contributed by atoms with Gasteiger partial charge in [0, 0.05) is 6.54 Å². The van der Waals surface area contributed by atoms with Gasteiger partial charge in [0.1, 0.15) is 6.10 Å². The van der Waals surface area contributed by atoms with Crippen molar-refractivity contribution in [3.63, 3.8) is 0 Å². The number of aryl methyl sites for hydroxylation is 1. The maximum absolute atomic E-state index is 9.81. The smallest absolute Gasteiger partial charge is 0.230 e. The first-order valence-electron chi connectivity index (χ1n) is 4.94. The average Bonchev–Trinajstić information content (AvgIpc) is 2.63. The summed E-state index contributed by atoms with van der Waals surface area (Å²) in [5.41, 5.74) is 7.55. The number of hydrogen-bond donors (Lipinski definition) is 2. The highest BCUT2D eigenvalue weighted by Crippen LogP contribution is 2.20. The molecule has 0 aromatic carbocycles. The molecule has 0 aliphatic carbocycles. The Labute approximate surface area is 92.7 Å². The van der Waals surface area contributed by atoms with E-state index in [9.17, 15) is 5.11 Å². The van der Waals surface area contributed by atoms with Crippen LogP contribution in [0, 0.1) is 6.92 Å². The number of fused-ring (bicyclic) bond motifs is 1. The van der Waals surface area contributed by atoms with Crippen LogP contribution in [-0.2, 0) is 0 Å². The number of aliphatic hydroxyl groups excluding tert-OH is 1. The number of ether oxygens (including phenoxy) is 1. The number of aliphatic hydroxyl groups is 1. The maximum atomic E-state index is 9.81. The normalized spacial score (nSPS) is 13.0. The maximum Gasteiger partial charge on any atom is 0.230 e. The van der Waals surface area contributed by atoms with Gasteiger partial charge < -0.3 is 15.6 Å². The second kappa shape index (κ2) is 4.07. The standard InChI is InChI=1S/C10H14N4O2/c1-6-10(7(15)3-11)14-5-9(16-2)12-4-8(14)13-6/h4-5,7,15H,3,11H2,1-2H3. The van der Waals surface area contributed by atoms with Crippen molar-refractivity contribution in [1.82, 2.24) is 14.4 Å². The minimum Gasteiger partial charge on any atom is -0.480 e. The molecule has 3 N–H and O–H groups in total. The minimum absolute atomic E-state index is 0.152. The van der Waals surface area contributed by atoms with Crippen molar-refractivity contribution >= 4 is 5.65 Å².